The minimum atomic E-state index is -0.00916. The van der Waals surface area contributed by atoms with Gasteiger partial charge in [-0.3, -0.25) is 4.79 Å². The molecule has 0 bridgehead atoms. The average molecular weight is 336 g/mol. The van der Waals surface area contributed by atoms with Crippen LogP contribution in [0.2, 0.25) is 0 Å². The number of rotatable bonds is 3. The van der Waals surface area contributed by atoms with Gasteiger partial charge in [0, 0.05) is 29.4 Å². The summed E-state index contributed by atoms with van der Waals surface area (Å²) >= 11 is 1.99. The third-order valence-corrected chi connectivity index (χ3v) is 5.91. The van der Waals surface area contributed by atoms with Gasteiger partial charge in [0.25, 0.3) is 5.91 Å². The van der Waals surface area contributed by atoms with Crippen molar-refractivity contribution in [1.82, 2.24) is 5.01 Å². The minimum absolute atomic E-state index is 0.00916. The maximum absolute atomic E-state index is 13.0. The molecule has 2 unspecified atom stereocenters. The first-order valence-electron chi connectivity index (χ1n) is 8.41. The highest BCUT2D eigenvalue weighted by atomic mass is 32.2. The lowest BCUT2D eigenvalue weighted by molar-refractivity contribution is 0.0711. The molecule has 2 heterocycles. The van der Waals surface area contributed by atoms with Crippen LogP contribution in [0, 0.1) is 5.92 Å². The Kier molecular flexibility index (Phi) is 4.39. The molecule has 0 saturated carbocycles. The van der Waals surface area contributed by atoms with Crippen molar-refractivity contribution < 1.29 is 4.79 Å². The lowest BCUT2D eigenvalue weighted by atomic mass is 9.94. The Morgan fingerprint density at radius 2 is 1.75 bits per heavy atom. The summed E-state index contributed by atoms with van der Waals surface area (Å²) in [4.78, 5) is 13.0. The highest BCUT2D eigenvalue weighted by Gasteiger charge is 2.36. The van der Waals surface area contributed by atoms with E-state index in [1.807, 2.05) is 60.3 Å². The van der Waals surface area contributed by atoms with E-state index in [4.69, 9.17) is 5.10 Å². The van der Waals surface area contributed by atoms with Crippen LogP contribution >= 0.6 is 11.8 Å². The quantitative estimate of drug-likeness (QED) is 0.833. The molecule has 0 aromatic heterocycles. The van der Waals surface area contributed by atoms with Crippen molar-refractivity contribution in [1.29, 1.82) is 0 Å². The van der Waals surface area contributed by atoms with E-state index >= 15 is 0 Å². The molecule has 0 aliphatic carbocycles. The molecule has 3 nitrogen and oxygen atoms in total. The molecule has 0 spiro atoms. The fourth-order valence-corrected chi connectivity index (χ4v) is 4.67. The van der Waals surface area contributed by atoms with Gasteiger partial charge in [0.2, 0.25) is 0 Å². The van der Waals surface area contributed by atoms with Gasteiger partial charge in [0.05, 0.1) is 6.04 Å². The Hall–Kier alpha value is -2.07. The zero-order chi connectivity index (χ0) is 16.4. The Morgan fingerprint density at radius 3 is 2.42 bits per heavy atom. The van der Waals surface area contributed by atoms with Crippen LogP contribution in [0.15, 0.2) is 65.8 Å². The molecule has 24 heavy (non-hydrogen) atoms. The number of carbonyl (C=O) groups is 1. The molecule has 2 aromatic rings. The number of hydrogen-bond donors (Lipinski definition) is 0. The topological polar surface area (TPSA) is 32.7 Å². The van der Waals surface area contributed by atoms with Crippen LogP contribution in [0.3, 0.4) is 0 Å². The van der Waals surface area contributed by atoms with Gasteiger partial charge in [-0.15, -0.1) is 0 Å². The molecule has 1 amide bonds. The largest absolute Gasteiger partial charge is 0.274 e. The smallest absolute Gasteiger partial charge is 0.267 e. The molecule has 2 aliphatic heterocycles. The number of hydrazone groups is 1. The highest BCUT2D eigenvalue weighted by molar-refractivity contribution is 7.99. The van der Waals surface area contributed by atoms with Crippen molar-refractivity contribution in [3.05, 3.63) is 71.8 Å². The van der Waals surface area contributed by atoms with E-state index in [1.54, 1.807) is 5.01 Å². The van der Waals surface area contributed by atoms with Gasteiger partial charge in [-0.1, -0.05) is 48.5 Å². The summed E-state index contributed by atoms with van der Waals surface area (Å²) in [6.07, 6.45) is 2.03. The lowest BCUT2D eigenvalue weighted by Crippen LogP contribution is -2.27. The van der Waals surface area contributed by atoms with Gasteiger partial charge in [0.1, 0.15) is 0 Å². The summed E-state index contributed by atoms with van der Waals surface area (Å²) in [5.41, 5.74) is 3.05. The molecule has 2 aliphatic rings. The van der Waals surface area contributed by atoms with Gasteiger partial charge < -0.3 is 0 Å². The second kappa shape index (κ2) is 6.81. The molecule has 4 rings (SSSR count). The average Bonchev–Trinajstić information content (AvgIpc) is 3.32. The highest BCUT2D eigenvalue weighted by Crippen LogP contribution is 2.37. The van der Waals surface area contributed by atoms with Crippen molar-refractivity contribution in [2.24, 2.45) is 11.0 Å². The lowest BCUT2D eigenvalue weighted by Gasteiger charge is -2.22. The van der Waals surface area contributed by atoms with Crippen molar-refractivity contribution in [2.45, 2.75) is 18.9 Å². The second-order valence-corrected chi connectivity index (χ2v) is 7.45. The Labute approximate surface area is 146 Å². The number of amides is 1. The normalized spacial score (nSPS) is 23.3. The molecule has 4 heteroatoms. The molecular formula is C20H20N2OS. The predicted octanol–water partition coefficient (Wildman–Crippen LogP) is 4.38. The van der Waals surface area contributed by atoms with Crippen LogP contribution in [0.1, 0.15) is 34.8 Å². The number of hydrogen-bond acceptors (Lipinski definition) is 3. The van der Waals surface area contributed by atoms with Crippen molar-refractivity contribution >= 4 is 23.4 Å². The third-order valence-electron chi connectivity index (χ3n) is 4.75. The van der Waals surface area contributed by atoms with E-state index in [9.17, 15) is 4.79 Å². The van der Waals surface area contributed by atoms with Crippen molar-refractivity contribution in [3.8, 4) is 0 Å². The van der Waals surface area contributed by atoms with Crippen LogP contribution in [-0.2, 0) is 0 Å². The van der Waals surface area contributed by atoms with Gasteiger partial charge in [-0.2, -0.15) is 16.9 Å². The molecule has 0 radical (unpaired) electrons. The molecule has 0 N–H and O–H groups in total. The number of benzene rings is 2. The Balaban J connectivity index is 1.67. The maximum atomic E-state index is 13.0. The monoisotopic (exact) mass is 336 g/mol. The SMILES string of the molecule is O=C(c1ccccc1)N1N=C(C2CCSC2)CC1c1ccccc1. The molecule has 122 valence electrons. The summed E-state index contributed by atoms with van der Waals surface area (Å²) in [7, 11) is 0. The summed E-state index contributed by atoms with van der Waals surface area (Å²) in [5, 5.41) is 6.50. The minimum Gasteiger partial charge on any atom is -0.267 e. The van der Waals surface area contributed by atoms with Gasteiger partial charge in [-0.25, -0.2) is 5.01 Å². The van der Waals surface area contributed by atoms with Crippen LogP contribution in [0.4, 0.5) is 0 Å². The zero-order valence-electron chi connectivity index (χ0n) is 13.5. The van der Waals surface area contributed by atoms with E-state index in [1.165, 1.54) is 17.9 Å². The maximum Gasteiger partial charge on any atom is 0.274 e. The molecule has 2 aromatic carbocycles. The molecular weight excluding hydrogens is 316 g/mol. The first kappa shape index (κ1) is 15.5. The summed E-state index contributed by atoms with van der Waals surface area (Å²) in [6, 6.07) is 19.7. The zero-order valence-corrected chi connectivity index (χ0v) is 14.3. The van der Waals surface area contributed by atoms with Crippen LogP contribution < -0.4 is 0 Å². The first-order valence-corrected chi connectivity index (χ1v) is 9.57. The van der Waals surface area contributed by atoms with E-state index < -0.39 is 0 Å². The van der Waals surface area contributed by atoms with E-state index in [2.05, 4.69) is 12.1 Å². The van der Waals surface area contributed by atoms with Gasteiger partial charge in [0.15, 0.2) is 0 Å². The van der Waals surface area contributed by atoms with E-state index in [0.29, 0.717) is 11.5 Å². The number of thioether (sulfide) groups is 1. The van der Waals surface area contributed by atoms with E-state index in [0.717, 1.165) is 17.7 Å². The molecule has 1 saturated heterocycles. The first-order chi connectivity index (χ1) is 11.8. The van der Waals surface area contributed by atoms with Crippen LogP contribution in [0.5, 0.6) is 0 Å². The fraction of sp³-hybridized carbons (Fsp3) is 0.300. The Bertz CT molecular complexity index is 739. The molecule has 1 fully saturated rings. The molecule has 2 atom stereocenters. The summed E-state index contributed by atoms with van der Waals surface area (Å²) in [5.74, 6) is 2.85. The van der Waals surface area contributed by atoms with Crippen LogP contribution in [0.25, 0.3) is 0 Å². The second-order valence-electron chi connectivity index (χ2n) is 6.30. The van der Waals surface area contributed by atoms with Gasteiger partial charge in [-0.05, 0) is 29.9 Å². The number of carbonyl (C=O) groups excluding carboxylic acids is 1. The van der Waals surface area contributed by atoms with Crippen molar-refractivity contribution in [2.75, 3.05) is 11.5 Å². The number of nitrogens with zero attached hydrogens (tertiary/aromatic N) is 2. The fourth-order valence-electron chi connectivity index (χ4n) is 3.41. The Morgan fingerprint density at radius 1 is 1.04 bits per heavy atom. The van der Waals surface area contributed by atoms with Gasteiger partial charge >= 0.3 is 0 Å². The van der Waals surface area contributed by atoms with Crippen LogP contribution in [-0.4, -0.2) is 28.1 Å². The third kappa shape index (κ3) is 2.98. The summed E-state index contributed by atoms with van der Waals surface area (Å²) < 4.78 is 0. The van der Waals surface area contributed by atoms with E-state index in [-0.39, 0.29) is 11.9 Å². The predicted molar refractivity (Wildman–Crippen MR) is 99.3 cm³/mol. The van der Waals surface area contributed by atoms with Crippen molar-refractivity contribution in [3.63, 3.8) is 0 Å². The summed E-state index contributed by atoms with van der Waals surface area (Å²) in [6.45, 7) is 0. The standard InChI is InChI=1S/C20H20N2OS/c23-20(16-9-5-2-6-10-16)22-19(15-7-3-1-4-8-15)13-18(21-22)17-11-12-24-14-17/h1-10,17,19H,11-14H2.